The number of hydrazone groups is 1. The van der Waals surface area contributed by atoms with Crippen molar-refractivity contribution in [3.05, 3.63) is 72.3 Å². The molecule has 0 unspecified atom stereocenters. The monoisotopic (exact) mass is 361 g/mol. The van der Waals surface area contributed by atoms with Gasteiger partial charge in [-0.25, -0.2) is 0 Å². The normalized spacial score (nSPS) is 12.6. The molecule has 5 heteroatoms. The highest BCUT2D eigenvalue weighted by molar-refractivity contribution is 7.99. The van der Waals surface area contributed by atoms with Gasteiger partial charge in [-0.3, -0.25) is 5.43 Å². The molecule has 0 aliphatic carbocycles. The number of fused-ring (bicyclic) bond motifs is 2. The van der Waals surface area contributed by atoms with Crippen molar-refractivity contribution in [3.63, 3.8) is 0 Å². The Labute approximate surface area is 157 Å². The molecule has 0 atom stereocenters. The summed E-state index contributed by atoms with van der Waals surface area (Å²) in [5.41, 5.74) is 7.49. The van der Waals surface area contributed by atoms with Crippen molar-refractivity contribution in [3.8, 4) is 5.75 Å². The SMILES string of the molecule is COc1ccc(N/N=C/c2ccc3c(c2)Sc2ccccc2N3C)cc1. The summed E-state index contributed by atoms with van der Waals surface area (Å²) >= 11 is 1.80. The van der Waals surface area contributed by atoms with E-state index in [4.69, 9.17) is 4.74 Å². The predicted molar refractivity (Wildman–Crippen MR) is 109 cm³/mol. The molecule has 1 aliphatic rings. The van der Waals surface area contributed by atoms with Crippen LogP contribution >= 0.6 is 11.8 Å². The van der Waals surface area contributed by atoms with E-state index in [0.717, 1.165) is 17.0 Å². The van der Waals surface area contributed by atoms with Crippen LogP contribution in [-0.2, 0) is 0 Å². The molecular weight excluding hydrogens is 342 g/mol. The number of ether oxygens (including phenoxy) is 1. The van der Waals surface area contributed by atoms with E-state index in [9.17, 15) is 0 Å². The zero-order valence-corrected chi connectivity index (χ0v) is 15.5. The fourth-order valence-electron chi connectivity index (χ4n) is 2.89. The molecule has 4 nitrogen and oxygen atoms in total. The van der Waals surface area contributed by atoms with Crippen molar-refractivity contribution in [1.82, 2.24) is 0 Å². The summed E-state index contributed by atoms with van der Waals surface area (Å²) in [6.07, 6.45) is 1.84. The second-order valence-electron chi connectivity index (χ2n) is 5.95. The maximum Gasteiger partial charge on any atom is 0.119 e. The Bertz CT molecular complexity index is 954. The van der Waals surface area contributed by atoms with Gasteiger partial charge in [0.15, 0.2) is 0 Å². The molecule has 0 radical (unpaired) electrons. The molecule has 0 saturated carbocycles. The minimum Gasteiger partial charge on any atom is -0.497 e. The highest BCUT2D eigenvalue weighted by atomic mass is 32.2. The fourth-order valence-corrected chi connectivity index (χ4v) is 4.08. The van der Waals surface area contributed by atoms with Crippen molar-refractivity contribution >= 4 is 35.0 Å². The molecule has 0 aromatic heterocycles. The van der Waals surface area contributed by atoms with E-state index in [1.54, 1.807) is 18.9 Å². The van der Waals surface area contributed by atoms with E-state index in [2.05, 4.69) is 64.9 Å². The summed E-state index contributed by atoms with van der Waals surface area (Å²) < 4.78 is 5.16. The zero-order chi connectivity index (χ0) is 17.9. The molecule has 0 saturated heterocycles. The van der Waals surface area contributed by atoms with Crippen LogP contribution in [-0.4, -0.2) is 20.4 Å². The number of methoxy groups -OCH3 is 1. The van der Waals surface area contributed by atoms with Crippen LogP contribution in [0.5, 0.6) is 5.75 Å². The van der Waals surface area contributed by atoms with Crippen molar-refractivity contribution in [1.29, 1.82) is 0 Å². The zero-order valence-electron chi connectivity index (χ0n) is 14.6. The minimum atomic E-state index is 0.829. The molecule has 3 aromatic carbocycles. The van der Waals surface area contributed by atoms with E-state index < -0.39 is 0 Å². The molecule has 4 rings (SSSR count). The first-order valence-electron chi connectivity index (χ1n) is 8.32. The lowest BCUT2D eigenvalue weighted by Crippen LogP contribution is -2.14. The van der Waals surface area contributed by atoms with E-state index in [-0.39, 0.29) is 0 Å². The number of rotatable bonds is 4. The minimum absolute atomic E-state index is 0.829. The third-order valence-electron chi connectivity index (χ3n) is 4.29. The molecule has 130 valence electrons. The van der Waals surface area contributed by atoms with Gasteiger partial charge in [-0.2, -0.15) is 5.10 Å². The van der Waals surface area contributed by atoms with Crippen LogP contribution in [0.4, 0.5) is 17.1 Å². The van der Waals surface area contributed by atoms with E-state index in [1.807, 2.05) is 30.5 Å². The van der Waals surface area contributed by atoms with Crippen molar-refractivity contribution in [2.24, 2.45) is 5.10 Å². The number of hydrogen-bond acceptors (Lipinski definition) is 5. The van der Waals surface area contributed by atoms with Gasteiger partial charge < -0.3 is 9.64 Å². The lowest BCUT2D eigenvalue weighted by atomic mass is 10.2. The average Bonchev–Trinajstić information content (AvgIpc) is 2.68. The molecule has 0 fully saturated rings. The molecule has 3 aromatic rings. The van der Waals surface area contributed by atoms with Gasteiger partial charge in [0.25, 0.3) is 0 Å². The number of nitrogens with zero attached hydrogens (tertiary/aromatic N) is 2. The summed E-state index contributed by atoms with van der Waals surface area (Å²) in [7, 11) is 3.76. The Morgan fingerprint density at radius 1 is 0.962 bits per heavy atom. The topological polar surface area (TPSA) is 36.9 Å². The Morgan fingerprint density at radius 3 is 2.54 bits per heavy atom. The Kier molecular flexibility index (Phi) is 4.54. The summed E-state index contributed by atoms with van der Waals surface area (Å²) in [5, 5.41) is 4.34. The first kappa shape index (κ1) is 16.5. The first-order chi connectivity index (χ1) is 12.7. The standard InChI is InChI=1S/C21H19N3OS/c1-24-18-5-3-4-6-20(18)26-21-13-15(7-12-19(21)24)14-22-23-16-8-10-17(25-2)11-9-16/h3-14,23H,1-2H3/b22-14+. The molecule has 1 aliphatic heterocycles. The summed E-state index contributed by atoms with van der Waals surface area (Å²) in [6, 6.07) is 22.5. The van der Waals surface area contributed by atoms with Gasteiger partial charge >= 0.3 is 0 Å². The Hall–Kier alpha value is -2.92. The fraction of sp³-hybridized carbons (Fsp3) is 0.0952. The van der Waals surface area contributed by atoms with Crippen molar-refractivity contribution in [2.45, 2.75) is 9.79 Å². The van der Waals surface area contributed by atoms with Gasteiger partial charge in [-0.05, 0) is 54.1 Å². The van der Waals surface area contributed by atoms with Crippen LogP contribution in [0.2, 0.25) is 0 Å². The lowest BCUT2D eigenvalue weighted by molar-refractivity contribution is 0.415. The van der Waals surface area contributed by atoms with Crippen LogP contribution in [0.1, 0.15) is 5.56 Å². The maximum absolute atomic E-state index is 5.16. The number of anilines is 3. The van der Waals surface area contributed by atoms with Crippen LogP contribution in [0.3, 0.4) is 0 Å². The van der Waals surface area contributed by atoms with Crippen LogP contribution in [0.15, 0.2) is 81.6 Å². The molecule has 0 amide bonds. The second kappa shape index (κ2) is 7.14. The second-order valence-corrected chi connectivity index (χ2v) is 7.04. The molecular formula is C21H19N3OS. The predicted octanol–water partition coefficient (Wildman–Crippen LogP) is 5.37. The number of para-hydroxylation sites is 1. The van der Waals surface area contributed by atoms with Gasteiger partial charge in [0.05, 0.1) is 30.4 Å². The number of nitrogens with one attached hydrogen (secondary N) is 1. The number of hydrogen-bond donors (Lipinski definition) is 1. The molecule has 0 spiro atoms. The summed E-state index contributed by atoms with van der Waals surface area (Å²) in [5.74, 6) is 0.829. The number of benzene rings is 3. The maximum atomic E-state index is 5.16. The smallest absolute Gasteiger partial charge is 0.119 e. The Morgan fingerprint density at radius 2 is 1.73 bits per heavy atom. The molecule has 26 heavy (non-hydrogen) atoms. The lowest BCUT2D eigenvalue weighted by Gasteiger charge is -2.29. The largest absolute Gasteiger partial charge is 0.497 e. The van der Waals surface area contributed by atoms with Gasteiger partial charge in [0, 0.05) is 16.8 Å². The van der Waals surface area contributed by atoms with Crippen LogP contribution in [0.25, 0.3) is 0 Å². The van der Waals surface area contributed by atoms with E-state index in [0.29, 0.717) is 0 Å². The third kappa shape index (κ3) is 3.26. The van der Waals surface area contributed by atoms with Gasteiger partial charge in [-0.15, -0.1) is 0 Å². The first-order valence-corrected chi connectivity index (χ1v) is 9.14. The van der Waals surface area contributed by atoms with Gasteiger partial charge in [-0.1, -0.05) is 30.0 Å². The van der Waals surface area contributed by atoms with Gasteiger partial charge in [0.1, 0.15) is 5.75 Å². The molecule has 0 bridgehead atoms. The van der Waals surface area contributed by atoms with Crippen molar-refractivity contribution in [2.75, 3.05) is 24.5 Å². The van der Waals surface area contributed by atoms with E-state index in [1.165, 1.54) is 21.2 Å². The van der Waals surface area contributed by atoms with Gasteiger partial charge in [0.2, 0.25) is 0 Å². The van der Waals surface area contributed by atoms with Crippen molar-refractivity contribution < 1.29 is 4.74 Å². The third-order valence-corrected chi connectivity index (χ3v) is 5.40. The highest BCUT2D eigenvalue weighted by Crippen LogP contribution is 2.47. The summed E-state index contributed by atoms with van der Waals surface area (Å²) in [6.45, 7) is 0. The van der Waals surface area contributed by atoms with E-state index >= 15 is 0 Å². The van der Waals surface area contributed by atoms with Crippen LogP contribution in [0, 0.1) is 0 Å². The highest BCUT2D eigenvalue weighted by Gasteiger charge is 2.20. The van der Waals surface area contributed by atoms with Crippen LogP contribution < -0.4 is 15.1 Å². The Balaban J connectivity index is 1.51. The average molecular weight is 361 g/mol. The molecule has 1 heterocycles. The quantitative estimate of drug-likeness (QED) is 0.500. The molecule has 1 N–H and O–H groups in total. The summed E-state index contributed by atoms with van der Waals surface area (Å²) in [4.78, 5) is 4.74.